The van der Waals surface area contributed by atoms with Crippen LogP contribution in [0.2, 0.25) is 0 Å². The quantitative estimate of drug-likeness (QED) is 0.911. The highest BCUT2D eigenvalue weighted by molar-refractivity contribution is 9.10. The van der Waals surface area contributed by atoms with Crippen LogP contribution in [0.1, 0.15) is 18.0 Å². The van der Waals surface area contributed by atoms with Gasteiger partial charge in [-0.05, 0) is 30.0 Å². The molecular formula is C12H16BrNO. The molecular weight excluding hydrogens is 254 g/mol. The van der Waals surface area contributed by atoms with Crippen molar-refractivity contribution in [3.05, 3.63) is 34.3 Å². The fraction of sp³-hybridized carbons (Fsp3) is 0.500. The Hall–Kier alpha value is -0.380. The fourth-order valence-corrected chi connectivity index (χ4v) is 2.57. The number of hydrogen-bond acceptors (Lipinski definition) is 2. The standard InChI is InChI=1S/C12H16BrNO/c1-15-8-9-5-12(14-7-9)10-3-2-4-11(13)6-10/h2-4,6,9,12,14H,5,7-8H2,1H3. The summed E-state index contributed by atoms with van der Waals surface area (Å²) in [6.07, 6.45) is 1.17. The lowest BCUT2D eigenvalue weighted by Crippen LogP contribution is -2.14. The lowest BCUT2D eigenvalue weighted by atomic mass is 10.0. The molecule has 82 valence electrons. The molecule has 1 aromatic rings. The molecule has 2 unspecified atom stereocenters. The number of nitrogens with one attached hydrogen (secondary N) is 1. The van der Waals surface area contributed by atoms with Crippen LogP contribution in [0.4, 0.5) is 0 Å². The predicted octanol–water partition coefficient (Wildman–Crippen LogP) is 2.75. The van der Waals surface area contributed by atoms with Crippen molar-refractivity contribution in [2.24, 2.45) is 5.92 Å². The van der Waals surface area contributed by atoms with E-state index in [0.29, 0.717) is 12.0 Å². The first-order valence-corrected chi connectivity index (χ1v) is 6.06. The van der Waals surface area contributed by atoms with Crippen molar-refractivity contribution in [3.8, 4) is 0 Å². The van der Waals surface area contributed by atoms with Crippen LogP contribution in [0.25, 0.3) is 0 Å². The van der Waals surface area contributed by atoms with E-state index in [2.05, 4.69) is 45.5 Å². The average Bonchev–Trinajstić information content (AvgIpc) is 2.67. The number of benzene rings is 1. The summed E-state index contributed by atoms with van der Waals surface area (Å²) < 4.78 is 6.33. The summed E-state index contributed by atoms with van der Waals surface area (Å²) in [4.78, 5) is 0. The van der Waals surface area contributed by atoms with E-state index in [4.69, 9.17) is 4.74 Å². The smallest absolute Gasteiger partial charge is 0.0503 e. The van der Waals surface area contributed by atoms with Gasteiger partial charge in [-0.15, -0.1) is 0 Å². The molecule has 1 aliphatic heterocycles. The Balaban J connectivity index is 2.01. The molecule has 0 aromatic heterocycles. The molecule has 2 nitrogen and oxygen atoms in total. The molecule has 1 aromatic carbocycles. The molecule has 3 heteroatoms. The van der Waals surface area contributed by atoms with Crippen LogP contribution >= 0.6 is 15.9 Å². The van der Waals surface area contributed by atoms with Crippen LogP contribution < -0.4 is 5.32 Å². The largest absolute Gasteiger partial charge is 0.384 e. The molecule has 1 fully saturated rings. The molecule has 1 heterocycles. The summed E-state index contributed by atoms with van der Waals surface area (Å²) in [5, 5.41) is 3.53. The van der Waals surface area contributed by atoms with E-state index in [1.165, 1.54) is 12.0 Å². The van der Waals surface area contributed by atoms with Gasteiger partial charge >= 0.3 is 0 Å². The molecule has 0 amide bonds. The summed E-state index contributed by atoms with van der Waals surface area (Å²) >= 11 is 3.50. The molecule has 1 N–H and O–H groups in total. The highest BCUT2D eigenvalue weighted by atomic mass is 79.9. The average molecular weight is 270 g/mol. The van der Waals surface area contributed by atoms with Crippen LogP contribution in [0.3, 0.4) is 0 Å². The first-order valence-electron chi connectivity index (χ1n) is 5.27. The maximum atomic E-state index is 5.18. The third-order valence-electron chi connectivity index (χ3n) is 2.88. The van der Waals surface area contributed by atoms with Gasteiger partial charge in [-0.2, -0.15) is 0 Å². The van der Waals surface area contributed by atoms with Crippen molar-refractivity contribution in [2.75, 3.05) is 20.3 Å². The minimum absolute atomic E-state index is 0.489. The lowest BCUT2D eigenvalue weighted by Gasteiger charge is -2.11. The van der Waals surface area contributed by atoms with Crippen molar-refractivity contribution in [2.45, 2.75) is 12.5 Å². The minimum atomic E-state index is 0.489. The molecule has 2 rings (SSSR count). The first kappa shape index (κ1) is 11.1. The van der Waals surface area contributed by atoms with Gasteiger partial charge in [0.2, 0.25) is 0 Å². The summed E-state index contributed by atoms with van der Waals surface area (Å²) in [5.41, 5.74) is 1.36. The van der Waals surface area contributed by atoms with Gasteiger partial charge in [0.15, 0.2) is 0 Å². The number of hydrogen-bond donors (Lipinski definition) is 1. The van der Waals surface area contributed by atoms with Crippen molar-refractivity contribution < 1.29 is 4.74 Å². The van der Waals surface area contributed by atoms with E-state index in [0.717, 1.165) is 17.6 Å². The van der Waals surface area contributed by atoms with E-state index in [1.807, 2.05) is 0 Å². The molecule has 0 saturated carbocycles. The summed E-state index contributed by atoms with van der Waals surface area (Å²) in [5.74, 6) is 0.652. The second-order valence-electron chi connectivity index (χ2n) is 4.07. The minimum Gasteiger partial charge on any atom is -0.384 e. The van der Waals surface area contributed by atoms with E-state index in [9.17, 15) is 0 Å². The highest BCUT2D eigenvalue weighted by Crippen LogP contribution is 2.28. The summed E-state index contributed by atoms with van der Waals surface area (Å²) in [7, 11) is 1.77. The van der Waals surface area contributed by atoms with E-state index in [-0.39, 0.29) is 0 Å². The Morgan fingerprint density at radius 2 is 2.40 bits per heavy atom. The molecule has 0 spiro atoms. The van der Waals surface area contributed by atoms with E-state index < -0.39 is 0 Å². The topological polar surface area (TPSA) is 21.3 Å². The SMILES string of the molecule is COCC1CNC(c2cccc(Br)c2)C1. The maximum absolute atomic E-state index is 5.18. The Morgan fingerprint density at radius 3 is 3.13 bits per heavy atom. The van der Waals surface area contributed by atoms with Crippen LogP contribution in [0, 0.1) is 5.92 Å². The number of halogens is 1. The van der Waals surface area contributed by atoms with Gasteiger partial charge in [0, 0.05) is 24.2 Å². The van der Waals surface area contributed by atoms with Crippen LogP contribution in [0.5, 0.6) is 0 Å². The summed E-state index contributed by atoms with van der Waals surface area (Å²) in [6, 6.07) is 9.00. The van der Waals surface area contributed by atoms with Crippen molar-refractivity contribution in [1.29, 1.82) is 0 Å². The molecule has 0 aliphatic carbocycles. The van der Waals surface area contributed by atoms with Gasteiger partial charge < -0.3 is 10.1 Å². The van der Waals surface area contributed by atoms with Gasteiger partial charge in [0.1, 0.15) is 0 Å². The van der Waals surface area contributed by atoms with Gasteiger partial charge in [-0.25, -0.2) is 0 Å². The molecule has 15 heavy (non-hydrogen) atoms. The van der Waals surface area contributed by atoms with Crippen molar-refractivity contribution in [3.63, 3.8) is 0 Å². The Kier molecular flexibility index (Phi) is 3.78. The van der Waals surface area contributed by atoms with Gasteiger partial charge in [0.25, 0.3) is 0 Å². The van der Waals surface area contributed by atoms with E-state index >= 15 is 0 Å². The number of ether oxygens (including phenoxy) is 1. The van der Waals surface area contributed by atoms with Gasteiger partial charge in [-0.1, -0.05) is 28.1 Å². The predicted molar refractivity (Wildman–Crippen MR) is 64.9 cm³/mol. The maximum Gasteiger partial charge on any atom is 0.0503 e. The molecule has 2 atom stereocenters. The first-order chi connectivity index (χ1) is 7.29. The number of rotatable bonds is 3. The normalized spacial score (nSPS) is 25.7. The zero-order valence-electron chi connectivity index (χ0n) is 8.87. The zero-order valence-corrected chi connectivity index (χ0v) is 10.5. The molecule has 1 saturated heterocycles. The Bertz CT molecular complexity index is 329. The summed E-state index contributed by atoms with van der Waals surface area (Å²) in [6.45, 7) is 1.92. The van der Waals surface area contributed by atoms with Gasteiger partial charge in [-0.3, -0.25) is 0 Å². The molecule has 1 aliphatic rings. The fourth-order valence-electron chi connectivity index (χ4n) is 2.15. The Morgan fingerprint density at radius 1 is 1.53 bits per heavy atom. The third-order valence-corrected chi connectivity index (χ3v) is 3.37. The molecule has 0 radical (unpaired) electrons. The zero-order chi connectivity index (χ0) is 10.7. The third kappa shape index (κ3) is 2.80. The van der Waals surface area contributed by atoms with Gasteiger partial charge in [0.05, 0.1) is 6.61 Å². The highest BCUT2D eigenvalue weighted by Gasteiger charge is 2.24. The monoisotopic (exact) mass is 269 g/mol. The van der Waals surface area contributed by atoms with E-state index in [1.54, 1.807) is 7.11 Å². The van der Waals surface area contributed by atoms with Crippen LogP contribution in [-0.2, 0) is 4.74 Å². The van der Waals surface area contributed by atoms with Crippen LogP contribution in [-0.4, -0.2) is 20.3 Å². The second-order valence-corrected chi connectivity index (χ2v) is 4.99. The van der Waals surface area contributed by atoms with Crippen molar-refractivity contribution >= 4 is 15.9 Å². The molecule has 0 bridgehead atoms. The number of methoxy groups -OCH3 is 1. The lowest BCUT2D eigenvalue weighted by molar-refractivity contribution is 0.159. The van der Waals surface area contributed by atoms with Crippen LogP contribution in [0.15, 0.2) is 28.7 Å². The second kappa shape index (κ2) is 5.10. The Labute approximate surface area is 99.1 Å². The van der Waals surface area contributed by atoms with Crippen molar-refractivity contribution in [1.82, 2.24) is 5.32 Å².